The molecule has 0 saturated carbocycles. The van der Waals surface area contributed by atoms with Crippen molar-refractivity contribution in [3.8, 4) is 0 Å². The number of rotatable bonds is 5. The van der Waals surface area contributed by atoms with Crippen molar-refractivity contribution in [3.63, 3.8) is 0 Å². The van der Waals surface area contributed by atoms with E-state index in [9.17, 15) is 25.0 Å². The van der Waals surface area contributed by atoms with Gasteiger partial charge in [0.25, 0.3) is 11.4 Å². The summed E-state index contributed by atoms with van der Waals surface area (Å²) in [6, 6.07) is 1.63. The fourth-order valence-electron chi connectivity index (χ4n) is 2.52. The molecule has 1 heterocycles. The molecule has 1 aromatic carbocycles. The molecule has 1 aliphatic heterocycles. The predicted octanol–water partition coefficient (Wildman–Crippen LogP) is 1.47. The third-order valence-corrected chi connectivity index (χ3v) is 3.69. The molecule has 130 valence electrons. The van der Waals surface area contributed by atoms with Crippen LogP contribution in [0.25, 0.3) is 0 Å². The average molecular weight is 338 g/mol. The van der Waals surface area contributed by atoms with Crippen molar-refractivity contribution < 1.29 is 19.4 Å². The third-order valence-electron chi connectivity index (χ3n) is 3.69. The number of nitrogens with zero attached hydrogens (tertiary/aromatic N) is 3. The van der Waals surface area contributed by atoms with Gasteiger partial charge in [-0.1, -0.05) is 0 Å². The molecule has 1 amide bonds. The molecule has 1 fully saturated rings. The molecule has 0 unspecified atom stereocenters. The minimum absolute atomic E-state index is 0.260. The van der Waals surface area contributed by atoms with Crippen molar-refractivity contribution in [1.29, 1.82) is 0 Å². The minimum atomic E-state index is -0.844. The minimum Gasteiger partial charge on any atom is -0.378 e. The number of hydrogen-bond acceptors (Lipinski definition) is 7. The van der Waals surface area contributed by atoms with Crippen LogP contribution in [0, 0.1) is 27.2 Å². The average Bonchev–Trinajstić information content (AvgIpc) is 2.55. The van der Waals surface area contributed by atoms with E-state index in [0.29, 0.717) is 31.9 Å². The molecule has 0 radical (unpaired) electrons. The maximum absolute atomic E-state index is 12.4. The zero-order valence-corrected chi connectivity index (χ0v) is 13.4. The van der Waals surface area contributed by atoms with Gasteiger partial charge in [-0.25, -0.2) is 0 Å². The molecule has 24 heavy (non-hydrogen) atoms. The molecule has 10 nitrogen and oxygen atoms in total. The third kappa shape index (κ3) is 3.77. The maximum atomic E-state index is 12.4. The van der Waals surface area contributed by atoms with Crippen LogP contribution in [0.4, 0.5) is 17.1 Å². The van der Waals surface area contributed by atoms with Crippen LogP contribution in [0.2, 0.25) is 0 Å². The highest BCUT2D eigenvalue weighted by Crippen LogP contribution is 2.36. The number of amides is 1. The van der Waals surface area contributed by atoms with Gasteiger partial charge in [0, 0.05) is 25.2 Å². The number of nitro benzene ring substituents is 2. The second-order valence-electron chi connectivity index (χ2n) is 5.50. The van der Waals surface area contributed by atoms with E-state index in [1.165, 1.54) is 26.0 Å². The quantitative estimate of drug-likeness (QED) is 0.636. The summed E-state index contributed by atoms with van der Waals surface area (Å²) >= 11 is 0. The topological polar surface area (TPSA) is 128 Å². The van der Waals surface area contributed by atoms with Gasteiger partial charge in [-0.2, -0.15) is 0 Å². The summed E-state index contributed by atoms with van der Waals surface area (Å²) in [6.45, 7) is 4.73. The van der Waals surface area contributed by atoms with Crippen LogP contribution >= 0.6 is 0 Å². The van der Waals surface area contributed by atoms with Crippen molar-refractivity contribution >= 4 is 23.0 Å². The number of ether oxygens (including phenoxy) is 1. The van der Waals surface area contributed by atoms with Crippen molar-refractivity contribution in [2.24, 2.45) is 0 Å². The Balaban J connectivity index is 2.31. The van der Waals surface area contributed by atoms with Crippen molar-refractivity contribution in [1.82, 2.24) is 4.90 Å². The second kappa shape index (κ2) is 7.21. The smallest absolute Gasteiger partial charge is 0.299 e. The van der Waals surface area contributed by atoms with Gasteiger partial charge in [0.1, 0.15) is 6.04 Å². The van der Waals surface area contributed by atoms with E-state index in [2.05, 4.69) is 5.32 Å². The van der Waals surface area contributed by atoms with Gasteiger partial charge in [-0.05, 0) is 19.4 Å². The largest absolute Gasteiger partial charge is 0.378 e. The van der Waals surface area contributed by atoms with Gasteiger partial charge in [0.2, 0.25) is 5.91 Å². The number of benzene rings is 1. The number of carbonyl (C=O) groups is 1. The normalized spacial score (nSPS) is 15.7. The molecule has 2 rings (SSSR count). The highest BCUT2D eigenvalue weighted by molar-refractivity contribution is 5.87. The lowest BCUT2D eigenvalue weighted by Gasteiger charge is -2.29. The summed E-state index contributed by atoms with van der Waals surface area (Å²) in [5.74, 6) is -0.289. The first kappa shape index (κ1) is 17.6. The monoisotopic (exact) mass is 338 g/mol. The van der Waals surface area contributed by atoms with Crippen LogP contribution < -0.4 is 5.32 Å². The Morgan fingerprint density at radius 2 is 1.71 bits per heavy atom. The number of morpholine rings is 1. The highest BCUT2D eigenvalue weighted by atomic mass is 16.6. The van der Waals surface area contributed by atoms with E-state index in [1.807, 2.05) is 0 Å². The number of nitro groups is 2. The SMILES string of the molecule is Cc1cc([N+](=O)[O-])c(N[C@@H](C)C(=O)N2CCOCC2)c([N+](=O)[O-])c1. The first-order valence-corrected chi connectivity index (χ1v) is 7.37. The molecule has 0 spiro atoms. The Morgan fingerprint density at radius 3 is 2.17 bits per heavy atom. The fraction of sp³-hybridized carbons (Fsp3) is 0.500. The zero-order valence-electron chi connectivity index (χ0n) is 13.4. The van der Waals surface area contributed by atoms with E-state index in [0.717, 1.165) is 0 Å². The van der Waals surface area contributed by atoms with Crippen LogP contribution in [0.1, 0.15) is 12.5 Å². The number of anilines is 1. The van der Waals surface area contributed by atoms with Crippen LogP contribution in [0.5, 0.6) is 0 Å². The van der Waals surface area contributed by atoms with E-state index in [1.54, 1.807) is 4.90 Å². The zero-order chi connectivity index (χ0) is 17.9. The summed E-state index contributed by atoms with van der Waals surface area (Å²) in [4.78, 5) is 35.0. The Kier molecular flexibility index (Phi) is 5.29. The lowest BCUT2D eigenvalue weighted by atomic mass is 10.1. The Morgan fingerprint density at radius 1 is 1.21 bits per heavy atom. The van der Waals surface area contributed by atoms with E-state index >= 15 is 0 Å². The van der Waals surface area contributed by atoms with Crippen LogP contribution in [0.15, 0.2) is 12.1 Å². The first-order valence-electron chi connectivity index (χ1n) is 7.37. The van der Waals surface area contributed by atoms with Crippen LogP contribution in [-0.2, 0) is 9.53 Å². The van der Waals surface area contributed by atoms with Gasteiger partial charge in [0.05, 0.1) is 23.1 Å². The van der Waals surface area contributed by atoms with Gasteiger partial charge in [0.15, 0.2) is 5.69 Å². The molecular weight excluding hydrogens is 320 g/mol. The highest BCUT2D eigenvalue weighted by Gasteiger charge is 2.30. The summed E-state index contributed by atoms with van der Waals surface area (Å²) in [6.07, 6.45) is 0. The van der Waals surface area contributed by atoms with Gasteiger partial charge in [-0.3, -0.25) is 25.0 Å². The Bertz CT molecular complexity index is 636. The Labute approximate surface area is 137 Å². The lowest BCUT2D eigenvalue weighted by Crippen LogP contribution is -2.47. The number of aryl methyl sites for hydroxylation is 1. The van der Waals surface area contributed by atoms with Crippen LogP contribution in [-0.4, -0.2) is 53.0 Å². The molecule has 1 aromatic rings. The standard InChI is InChI=1S/C14H18N4O6/c1-9-7-11(17(20)21)13(12(8-9)18(22)23)15-10(2)14(19)16-3-5-24-6-4-16/h7-8,10,15H,3-6H2,1-2H3/t10-/m0/s1. The van der Waals surface area contributed by atoms with Crippen molar-refractivity contribution in [2.75, 3.05) is 31.6 Å². The number of nitrogens with one attached hydrogen (secondary N) is 1. The molecule has 1 N–H and O–H groups in total. The molecule has 1 aliphatic rings. The number of hydrogen-bond donors (Lipinski definition) is 1. The molecule has 1 saturated heterocycles. The summed E-state index contributed by atoms with van der Waals surface area (Å²) in [5, 5.41) is 25.1. The predicted molar refractivity (Wildman–Crippen MR) is 85.0 cm³/mol. The number of carbonyl (C=O) groups excluding carboxylic acids is 1. The van der Waals surface area contributed by atoms with Crippen molar-refractivity contribution in [2.45, 2.75) is 19.9 Å². The van der Waals surface area contributed by atoms with E-state index in [4.69, 9.17) is 4.74 Å². The summed E-state index contributed by atoms with van der Waals surface area (Å²) in [5.41, 5.74) is -0.720. The molecule has 0 aliphatic carbocycles. The molecule has 10 heteroatoms. The Hall–Kier alpha value is -2.75. The molecule has 0 aromatic heterocycles. The van der Waals surface area contributed by atoms with E-state index < -0.39 is 27.3 Å². The van der Waals surface area contributed by atoms with Gasteiger partial charge in [-0.15, -0.1) is 0 Å². The molecule has 0 bridgehead atoms. The van der Waals surface area contributed by atoms with Gasteiger partial charge >= 0.3 is 0 Å². The maximum Gasteiger partial charge on any atom is 0.299 e. The van der Waals surface area contributed by atoms with E-state index in [-0.39, 0.29) is 11.6 Å². The van der Waals surface area contributed by atoms with Crippen LogP contribution in [0.3, 0.4) is 0 Å². The van der Waals surface area contributed by atoms with Gasteiger partial charge < -0.3 is 15.0 Å². The first-order chi connectivity index (χ1) is 11.3. The summed E-state index contributed by atoms with van der Waals surface area (Å²) in [7, 11) is 0. The lowest BCUT2D eigenvalue weighted by molar-refractivity contribution is -0.392. The summed E-state index contributed by atoms with van der Waals surface area (Å²) < 4.78 is 5.17. The molecule has 1 atom stereocenters. The van der Waals surface area contributed by atoms with Crippen molar-refractivity contribution in [3.05, 3.63) is 37.9 Å². The molecular formula is C14H18N4O6. The second-order valence-corrected chi connectivity index (χ2v) is 5.50. The fourth-order valence-corrected chi connectivity index (χ4v) is 2.52.